The molecule has 1 aliphatic heterocycles. The molecule has 2 N–H and O–H groups in total. The quantitative estimate of drug-likeness (QED) is 0.640. The van der Waals surface area contributed by atoms with E-state index in [2.05, 4.69) is 13.2 Å². The highest BCUT2D eigenvalue weighted by Gasteiger charge is 2.25. The molecule has 0 aliphatic carbocycles. The van der Waals surface area contributed by atoms with Gasteiger partial charge >= 0.3 is 0 Å². The smallest absolute Gasteiger partial charge is 0.265 e. The average molecular weight is 358 g/mol. The first-order valence-electron chi connectivity index (χ1n) is 8.13. The Morgan fingerprint density at radius 1 is 1.15 bits per heavy atom. The van der Waals surface area contributed by atoms with Crippen LogP contribution < -0.4 is 20.1 Å². The summed E-state index contributed by atoms with van der Waals surface area (Å²) in [6.07, 6.45) is 0. The Morgan fingerprint density at radius 3 is 2.35 bits per heavy atom. The van der Waals surface area contributed by atoms with Gasteiger partial charge in [-0.05, 0) is 29.8 Å². The third-order valence-electron chi connectivity index (χ3n) is 3.43. The highest BCUT2D eigenvalue weighted by Crippen LogP contribution is 2.34. The van der Waals surface area contributed by atoms with Gasteiger partial charge in [0.2, 0.25) is 0 Å². The minimum absolute atomic E-state index is 0. The van der Waals surface area contributed by atoms with Gasteiger partial charge in [-0.3, -0.25) is 4.79 Å². The Bertz CT molecular complexity index is 684. The van der Waals surface area contributed by atoms with Gasteiger partial charge in [0.05, 0.1) is 19.3 Å². The summed E-state index contributed by atoms with van der Waals surface area (Å²) >= 11 is 0. The first-order valence-corrected chi connectivity index (χ1v) is 8.13. The molecule has 0 bridgehead atoms. The van der Waals surface area contributed by atoms with Crippen molar-refractivity contribution in [1.29, 1.82) is 0 Å². The van der Waals surface area contributed by atoms with Gasteiger partial charge in [-0.1, -0.05) is 33.4 Å². The number of hydrogen-bond acceptors (Lipinski definition) is 4. The zero-order valence-corrected chi connectivity index (χ0v) is 15.1. The number of carbonyl (C=O) groups excluding carboxylic acids is 1. The predicted molar refractivity (Wildman–Crippen MR) is 110 cm³/mol. The van der Waals surface area contributed by atoms with Crippen molar-refractivity contribution >= 4 is 17.3 Å². The number of ether oxygens (including phenoxy) is 2. The topological polar surface area (TPSA) is 64.8 Å². The first kappa shape index (κ1) is 23.1. The van der Waals surface area contributed by atoms with E-state index in [-0.39, 0.29) is 19.9 Å². The molecule has 0 unspecified atom stereocenters. The Kier molecular flexibility index (Phi) is 10.3. The van der Waals surface area contributed by atoms with E-state index in [0.29, 0.717) is 18.0 Å². The summed E-state index contributed by atoms with van der Waals surface area (Å²) in [5, 5.41) is 0. The summed E-state index contributed by atoms with van der Waals surface area (Å²) in [7, 11) is 1.63. The molecule has 0 fully saturated rings. The number of amides is 1. The molecule has 0 spiro atoms. The van der Waals surface area contributed by atoms with E-state index in [9.17, 15) is 4.79 Å². The van der Waals surface area contributed by atoms with Gasteiger partial charge in [-0.2, -0.15) is 0 Å². The molecule has 2 aromatic rings. The maximum Gasteiger partial charge on any atom is 0.265 e. The highest BCUT2D eigenvalue weighted by atomic mass is 16.5. The monoisotopic (exact) mass is 358 g/mol. The van der Waals surface area contributed by atoms with Crippen LogP contribution in [0.5, 0.6) is 11.5 Å². The molecule has 5 heteroatoms. The van der Waals surface area contributed by atoms with Crippen molar-refractivity contribution in [2.45, 2.75) is 27.8 Å². The van der Waals surface area contributed by atoms with Crippen molar-refractivity contribution in [1.82, 2.24) is 0 Å². The van der Waals surface area contributed by atoms with Crippen LogP contribution in [0.2, 0.25) is 0 Å². The van der Waals surface area contributed by atoms with Crippen LogP contribution in [0.3, 0.4) is 0 Å². The minimum Gasteiger partial charge on any atom is -0.497 e. The maximum atomic E-state index is 12.1. The molecule has 1 aliphatic rings. The second-order valence-corrected chi connectivity index (χ2v) is 4.84. The Labute approximate surface area is 157 Å². The van der Waals surface area contributed by atoms with E-state index >= 15 is 0 Å². The molecule has 5 nitrogen and oxygen atoms in total. The molecule has 2 aromatic carbocycles. The molecule has 0 saturated heterocycles. The molecule has 1 amide bonds. The fraction of sp³-hybridized carbons (Fsp3) is 0.286. The van der Waals surface area contributed by atoms with Crippen molar-refractivity contribution in [2.24, 2.45) is 0 Å². The molecular formula is C21H30N2O3. The summed E-state index contributed by atoms with van der Waals surface area (Å²) < 4.78 is 10.6. The van der Waals surface area contributed by atoms with Crippen molar-refractivity contribution in [2.75, 3.05) is 24.4 Å². The number of methoxy groups -OCH3 is 1. The number of hydrogen-bond donors (Lipinski definition) is 1. The van der Waals surface area contributed by atoms with E-state index in [4.69, 9.17) is 15.2 Å². The average Bonchev–Trinajstić information content (AvgIpc) is 2.68. The molecular weight excluding hydrogens is 328 g/mol. The van der Waals surface area contributed by atoms with Gasteiger partial charge in [0, 0.05) is 11.8 Å². The van der Waals surface area contributed by atoms with E-state index in [1.165, 1.54) is 0 Å². The maximum absolute atomic E-state index is 12.1. The van der Waals surface area contributed by atoms with Crippen LogP contribution >= 0.6 is 0 Å². The zero-order valence-electron chi connectivity index (χ0n) is 15.1. The number of anilines is 2. The van der Waals surface area contributed by atoms with E-state index in [0.717, 1.165) is 17.0 Å². The number of benzene rings is 2. The number of nitrogens with two attached hydrogens (primary N) is 1. The molecule has 1 heterocycles. The first-order chi connectivity index (χ1) is 12.2. The lowest BCUT2D eigenvalue weighted by Gasteiger charge is -2.29. The van der Waals surface area contributed by atoms with Crippen molar-refractivity contribution in [3.8, 4) is 11.5 Å². The number of rotatable bonds is 3. The lowest BCUT2D eigenvalue weighted by molar-refractivity contribution is -0.121. The molecule has 3 rings (SSSR count). The largest absolute Gasteiger partial charge is 0.497 e. The Morgan fingerprint density at radius 2 is 1.77 bits per heavy atom. The van der Waals surface area contributed by atoms with Crippen molar-refractivity contribution < 1.29 is 14.3 Å². The van der Waals surface area contributed by atoms with Crippen molar-refractivity contribution in [3.05, 3.63) is 61.2 Å². The van der Waals surface area contributed by atoms with Crippen LogP contribution in [0, 0.1) is 0 Å². The van der Waals surface area contributed by atoms with Crippen LogP contribution in [0.25, 0.3) is 0 Å². The molecule has 142 valence electrons. The summed E-state index contributed by atoms with van der Waals surface area (Å²) in [4.78, 5) is 13.8. The summed E-state index contributed by atoms with van der Waals surface area (Å²) in [5.74, 6) is 1.37. The normalized spacial score (nSPS) is 11.3. The van der Waals surface area contributed by atoms with Gasteiger partial charge in [0.15, 0.2) is 6.61 Å². The molecule has 26 heavy (non-hydrogen) atoms. The van der Waals surface area contributed by atoms with Crippen LogP contribution in [0.4, 0.5) is 11.4 Å². The fourth-order valence-electron chi connectivity index (χ4n) is 2.31. The predicted octanol–water partition coefficient (Wildman–Crippen LogP) is 4.67. The van der Waals surface area contributed by atoms with Crippen LogP contribution in [-0.4, -0.2) is 19.6 Å². The highest BCUT2D eigenvalue weighted by molar-refractivity contribution is 5.98. The van der Waals surface area contributed by atoms with E-state index in [1.807, 2.05) is 44.2 Å². The summed E-state index contributed by atoms with van der Waals surface area (Å²) in [6, 6.07) is 13.0. The van der Waals surface area contributed by atoms with Crippen LogP contribution in [0.15, 0.2) is 55.6 Å². The van der Waals surface area contributed by atoms with E-state index in [1.54, 1.807) is 24.1 Å². The third kappa shape index (κ3) is 5.55. The van der Waals surface area contributed by atoms with E-state index < -0.39 is 0 Å². The van der Waals surface area contributed by atoms with Gasteiger partial charge in [0.25, 0.3) is 5.91 Å². The Hall–Kier alpha value is -2.95. The minimum atomic E-state index is -0.0666. The summed E-state index contributed by atoms with van der Waals surface area (Å²) in [6.45, 7) is 10.5. The lowest BCUT2D eigenvalue weighted by Crippen LogP contribution is -2.38. The second kappa shape index (κ2) is 11.6. The number of carbonyl (C=O) groups is 1. The number of fused-ring (bicyclic) bond motifs is 1. The zero-order chi connectivity index (χ0) is 18.8. The van der Waals surface area contributed by atoms with Crippen LogP contribution in [-0.2, 0) is 11.3 Å². The van der Waals surface area contributed by atoms with Crippen LogP contribution in [0.1, 0.15) is 26.8 Å². The lowest BCUT2D eigenvalue weighted by atomic mass is 10.1. The SMILES string of the molecule is C.C=C.CC.COc1ccc(CN2C(=O)COc3cc(N)ccc32)cc1. The van der Waals surface area contributed by atoms with Gasteiger partial charge in [-0.15, -0.1) is 13.2 Å². The second-order valence-electron chi connectivity index (χ2n) is 4.84. The van der Waals surface area contributed by atoms with Crippen molar-refractivity contribution in [3.63, 3.8) is 0 Å². The number of nitrogen functional groups attached to an aromatic ring is 1. The van der Waals surface area contributed by atoms with Gasteiger partial charge in [-0.25, -0.2) is 0 Å². The fourth-order valence-corrected chi connectivity index (χ4v) is 2.31. The molecule has 0 saturated carbocycles. The third-order valence-corrected chi connectivity index (χ3v) is 3.43. The molecule has 0 aromatic heterocycles. The summed E-state index contributed by atoms with van der Waals surface area (Å²) in [5.41, 5.74) is 8.14. The standard InChI is InChI=1S/C16H16N2O3.C2H6.C2H4.CH4/c1-20-13-5-2-11(3-6-13)9-18-14-7-4-12(17)8-15(14)21-10-16(18)19;2*1-2;/h2-8H,9-10,17H2,1H3;1-2H3;1-2H2;1H4. The van der Waals surface area contributed by atoms with Gasteiger partial charge < -0.3 is 20.1 Å². The number of nitrogens with zero attached hydrogens (tertiary/aromatic N) is 1. The molecule has 0 atom stereocenters. The van der Waals surface area contributed by atoms with Gasteiger partial charge in [0.1, 0.15) is 11.5 Å². The molecule has 0 radical (unpaired) electrons. The Balaban J connectivity index is 0.00000117.